The molecule has 0 radical (unpaired) electrons. The van der Waals surface area contributed by atoms with E-state index in [1.807, 2.05) is 24.3 Å². The average molecular weight is 303 g/mol. The molecule has 0 spiro atoms. The Morgan fingerprint density at radius 1 is 1.36 bits per heavy atom. The number of carbonyl (C=O) groups is 1. The van der Waals surface area contributed by atoms with Crippen molar-refractivity contribution in [3.8, 4) is 0 Å². The van der Waals surface area contributed by atoms with Crippen LogP contribution in [0, 0.1) is 5.92 Å². The molecule has 1 aromatic heterocycles. The number of nitrogens with one attached hydrogen (secondary N) is 2. The number of hydrogen-bond donors (Lipinski definition) is 2. The molecule has 2 aromatic rings. The molecule has 0 fully saturated rings. The third-order valence-electron chi connectivity index (χ3n) is 3.27. The number of benzene rings is 1. The van der Waals surface area contributed by atoms with Gasteiger partial charge in [-0.3, -0.25) is 4.79 Å². The van der Waals surface area contributed by atoms with Gasteiger partial charge in [-0.1, -0.05) is 26.0 Å². The van der Waals surface area contributed by atoms with Crippen LogP contribution < -0.4 is 5.32 Å². The zero-order valence-corrected chi connectivity index (χ0v) is 13.4. The summed E-state index contributed by atoms with van der Waals surface area (Å²) in [4.78, 5) is 19.5. The van der Waals surface area contributed by atoms with E-state index >= 15 is 0 Å². The quantitative estimate of drug-likeness (QED) is 0.700. The second-order valence-corrected chi connectivity index (χ2v) is 5.87. The van der Waals surface area contributed by atoms with Crippen molar-refractivity contribution in [3.63, 3.8) is 0 Å². The average Bonchev–Trinajstić information content (AvgIpc) is 2.91. The molecule has 0 atom stereocenters. The van der Waals surface area contributed by atoms with Crippen molar-refractivity contribution >= 4 is 16.9 Å². The number of fused-ring (bicyclic) bond motifs is 1. The summed E-state index contributed by atoms with van der Waals surface area (Å²) in [5.41, 5.74) is 1.96. The number of imidazole rings is 1. The van der Waals surface area contributed by atoms with Gasteiger partial charge in [-0.2, -0.15) is 0 Å². The predicted molar refractivity (Wildman–Crippen MR) is 87.7 cm³/mol. The van der Waals surface area contributed by atoms with Crippen LogP contribution in [0.3, 0.4) is 0 Å². The lowest BCUT2D eigenvalue weighted by molar-refractivity contribution is -0.121. The van der Waals surface area contributed by atoms with Crippen molar-refractivity contribution in [2.75, 3.05) is 19.8 Å². The minimum absolute atomic E-state index is 0.0596. The minimum Gasteiger partial charge on any atom is -0.381 e. The summed E-state index contributed by atoms with van der Waals surface area (Å²) in [6.07, 6.45) is 1.93. The first-order chi connectivity index (χ1) is 10.6. The molecule has 2 N–H and O–H groups in total. The summed E-state index contributed by atoms with van der Waals surface area (Å²) < 4.78 is 5.47. The van der Waals surface area contributed by atoms with E-state index in [1.54, 1.807) is 0 Å². The van der Waals surface area contributed by atoms with Crippen LogP contribution in [0.25, 0.3) is 11.0 Å². The van der Waals surface area contributed by atoms with Gasteiger partial charge < -0.3 is 15.0 Å². The van der Waals surface area contributed by atoms with E-state index in [1.165, 1.54) is 0 Å². The van der Waals surface area contributed by atoms with E-state index in [4.69, 9.17) is 4.74 Å². The van der Waals surface area contributed by atoms with Gasteiger partial charge in [0, 0.05) is 32.6 Å². The van der Waals surface area contributed by atoms with Crippen LogP contribution >= 0.6 is 0 Å². The van der Waals surface area contributed by atoms with E-state index in [-0.39, 0.29) is 5.91 Å². The Bertz CT molecular complexity index is 559. The Morgan fingerprint density at radius 3 is 2.95 bits per heavy atom. The number of amides is 1. The van der Waals surface area contributed by atoms with Crippen LogP contribution in [-0.2, 0) is 16.0 Å². The number of para-hydroxylation sites is 2. The molecule has 1 heterocycles. The molecule has 120 valence electrons. The standard InChI is InChI=1S/C17H25N3O2/c1-13(2)12-22-11-5-10-18-17(21)9-8-16-19-14-6-3-4-7-15(14)20-16/h3-4,6-7,13H,5,8-12H2,1-2H3,(H,18,21)(H,19,20). The lowest BCUT2D eigenvalue weighted by Gasteiger charge is -2.07. The predicted octanol–water partition coefficient (Wildman–Crippen LogP) is 2.67. The minimum atomic E-state index is 0.0596. The Morgan fingerprint density at radius 2 is 2.18 bits per heavy atom. The maximum atomic E-state index is 11.8. The van der Waals surface area contributed by atoms with Gasteiger partial charge in [0.1, 0.15) is 5.82 Å². The smallest absolute Gasteiger partial charge is 0.220 e. The van der Waals surface area contributed by atoms with E-state index in [9.17, 15) is 4.79 Å². The van der Waals surface area contributed by atoms with Crippen LogP contribution in [0.15, 0.2) is 24.3 Å². The largest absolute Gasteiger partial charge is 0.381 e. The van der Waals surface area contributed by atoms with E-state index in [0.29, 0.717) is 31.9 Å². The number of aryl methyl sites for hydroxylation is 1. The molecule has 0 bridgehead atoms. The maximum Gasteiger partial charge on any atom is 0.220 e. The maximum absolute atomic E-state index is 11.8. The highest BCUT2D eigenvalue weighted by Gasteiger charge is 2.05. The van der Waals surface area contributed by atoms with Crippen LogP contribution in [0.4, 0.5) is 0 Å². The molecule has 0 saturated carbocycles. The Kier molecular flexibility index (Phi) is 6.40. The number of aromatic nitrogens is 2. The molecule has 0 unspecified atom stereocenters. The number of hydrogen-bond acceptors (Lipinski definition) is 3. The van der Waals surface area contributed by atoms with Gasteiger partial charge in [0.05, 0.1) is 11.0 Å². The molecule has 0 aliphatic rings. The van der Waals surface area contributed by atoms with Crippen LogP contribution in [-0.4, -0.2) is 35.6 Å². The van der Waals surface area contributed by atoms with Gasteiger partial charge >= 0.3 is 0 Å². The van der Waals surface area contributed by atoms with Crippen molar-refractivity contribution in [3.05, 3.63) is 30.1 Å². The first kappa shape index (κ1) is 16.5. The molecule has 1 amide bonds. The molecule has 5 heteroatoms. The Labute approximate surface area is 131 Å². The molecule has 2 rings (SSSR count). The number of aromatic amines is 1. The summed E-state index contributed by atoms with van der Waals surface area (Å²) in [6.45, 7) is 6.39. The van der Waals surface area contributed by atoms with Gasteiger partial charge in [-0.05, 0) is 24.5 Å². The molecule has 0 aliphatic heterocycles. The topological polar surface area (TPSA) is 67.0 Å². The fraction of sp³-hybridized carbons (Fsp3) is 0.529. The summed E-state index contributed by atoms with van der Waals surface area (Å²) in [5, 5.41) is 2.91. The van der Waals surface area contributed by atoms with Crippen molar-refractivity contribution < 1.29 is 9.53 Å². The lowest BCUT2D eigenvalue weighted by Crippen LogP contribution is -2.25. The van der Waals surface area contributed by atoms with E-state index < -0.39 is 0 Å². The van der Waals surface area contributed by atoms with Crippen molar-refractivity contribution in [1.29, 1.82) is 0 Å². The van der Waals surface area contributed by atoms with Crippen LogP contribution in [0.1, 0.15) is 32.5 Å². The summed E-state index contributed by atoms with van der Waals surface area (Å²) in [7, 11) is 0. The molecular formula is C17H25N3O2. The fourth-order valence-electron chi connectivity index (χ4n) is 2.17. The third-order valence-corrected chi connectivity index (χ3v) is 3.27. The molecule has 22 heavy (non-hydrogen) atoms. The molecular weight excluding hydrogens is 278 g/mol. The summed E-state index contributed by atoms with van der Waals surface area (Å²) in [6, 6.07) is 7.88. The SMILES string of the molecule is CC(C)COCCCNC(=O)CCc1nc2ccccc2[nH]1. The second kappa shape index (κ2) is 8.54. The first-order valence-electron chi connectivity index (χ1n) is 7.93. The zero-order chi connectivity index (χ0) is 15.8. The highest BCUT2D eigenvalue weighted by atomic mass is 16.5. The van der Waals surface area contributed by atoms with Gasteiger partial charge in [-0.15, -0.1) is 0 Å². The second-order valence-electron chi connectivity index (χ2n) is 5.87. The summed E-state index contributed by atoms with van der Waals surface area (Å²) >= 11 is 0. The van der Waals surface area contributed by atoms with Gasteiger partial charge in [0.15, 0.2) is 0 Å². The molecule has 5 nitrogen and oxygen atoms in total. The molecule has 1 aromatic carbocycles. The third kappa shape index (κ3) is 5.48. The Hall–Kier alpha value is -1.88. The van der Waals surface area contributed by atoms with Crippen molar-refractivity contribution in [1.82, 2.24) is 15.3 Å². The van der Waals surface area contributed by atoms with Gasteiger partial charge in [0.25, 0.3) is 0 Å². The monoisotopic (exact) mass is 303 g/mol. The van der Waals surface area contributed by atoms with Crippen LogP contribution in [0.2, 0.25) is 0 Å². The van der Waals surface area contributed by atoms with Crippen LogP contribution in [0.5, 0.6) is 0 Å². The van der Waals surface area contributed by atoms with Gasteiger partial charge in [0.2, 0.25) is 5.91 Å². The number of H-pyrrole nitrogens is 1. The van der Waals surface area contributed by atoms with Gasteiger partial charge in [-0.25, -0.2) is 4.98 Å². The molecule has 0 aliphatic carbocycles. The first-order valence-corrected chi connectivity index (χ1v) is 7.93. The molecule has 0 saturated heterocycles. The highest BCUT2D eigenvalue weighted by Crippen LogP contribution is 2.11. The Balaban J connectivity index is 1.61. The van der Waals surface area contributed by atoms with E-state index in [0.717, 1.165) is 29.9 Å². The number of nitrogens with zero attached hydrogens (tertiary/aromatic N) is 1. The summed E-state index contributed by atoms with van der Waals surface area (Å²) in [5.74, 6) is 1.47. The number of ether oxygens (including phenoxy) is 1. The van der Waals surface area contributed by atoms with Crippen molar-refractivity contribution in [2.24, 2.45) is 5.92 Å². The van der Waals surface area contributed by atoms with Crippen molar-refractivity contribution in [2.45, 2.75) is 33.1 Å². The highest BCUT2D eigenvalue weighted by molar-refractivity contribution is 5.77. The number of rotatable bonds is 9. The zero-order valence-electron chi connectivity index (χ0n) is 13.4. The number of carbonyl (C=O) groups excluding carboxylic acids is 1. The normalized spacial score (nSPS) is 11.2. The van der Waals surface area contributed by atoms with E-state index in [2.05, 4.69) is 29.1 Å². The fourth-order valence-corrected chi connectivity index (χ4v) is 2.17. The lowest BCUT2D eigenvalue weighted by atomic mass is 10.2.